The van der Waals surface area contributed by atoms with Crippen LogP contribution in [0.5, 0.6) is 0 Å². The van der Waals surface area contributed by atoms with Crippen molar-refractivity contribution < 1.29 is 22.8 Å². The molecule has 1 heterocycles. The van der Waals surface area contributed by atoms with E-state index in [1.54, 1.807) is 17.6 Å². The van der Waals surface area contributed by atoms with Crippen molar-refractivity contribution in [3.63, 3.8) is 0 Å². The Morgan fingerprint density at radius 3 is 2.66 bits per heavy atom. The maximum atomic E-state index is 13.6. The molecule has 1 aromatic heterocycles. The molecule has 2 aromatic carbocycles. The molecule has 168 valence electrons. The van der Waals surface area contributed by atoms with Gasteiger partial charge in [-0.25, -0.2) is 13.2 Å². The number of hydrogen-bond donors (Lipinski definition) is 2. The Labute approximate surface area is 190 Å². The van der Waals surface area contributed by atoms with Crippen LogP contribution >= 0.6 is 23.4 Å². The number of benzene rings is 2. The van der Waals surface area contributed by atoms with E-state index in [0.717, 1.165) is 23.4 Å². The maximum Gasteiger partial charge on any atom is 0.243 e. The van der Waals surface area contributed by atoms with Crippen molar-refractivity contribution in [3.8, 4) is 5.69 Å². The van der Waals surface area contributed by atoms with Gasteiger partial charge in [-0.1, -0.05) is 29.4 Å². The Balaban J connectivity index is 1.58. The molecule has 2 N–H and O–H groups in total. The van der Waals surface area contributed by atoms with Crippen LogP contribution in [0, 0.1) is 24.4 Å². The van der Waals surface area contributed by atoms with E-state index in [1.165, 1.54) is 6.33 Å². The third kappa shape index (κ3) is 5.40. The summed E-state index contributed by atoms with van der Waals surface area (Å²) in [6.45, 7) is 2.98. The summed E-state index contributed by atoms with van der Waals surface area (Å²) < 4.78 is 41.5. The van der Waals surface area contributed by atoms with Crippen LogP contribution in [0.15, 0.2) is 41.8 Å². The fourth-order valence-electron chi connectivity index (χ4n) is 2.55. The van der Waals surface area contributed by atoms with Crippen LogP contribution in [0.3, 0.4) is 0 Å². The van der Waals surface area contributed by atoms with Gasteiger partial charge in [0.1, 0.15) is 6.33 Å². The molecular weight excluding hydrogens is 467 g/mol. The average molecular weight is 484 g/mol. The first-order chi connectivity index (χ1) is 15.2. The topological polar surface area (TPSA) is 88.9 Å². The van der Waals surface area contributed by atoms with Gasteiger partial charge in [-0.3, -0.25) is 14.2 Å². The fraction of sp³-hybridized carbons (Fsp3) is 0.200. The number of halogens is 4. The van der Waals surface area contributed by atoms with Crippen molar-refractivity contribution in [2.24, 2.45) is 0 Å². The minimum absolute atomic E-state index is 0.431. The van der Waals surface area contributed by atoms with Crippen molar-refractivity contribution in [3.05, 3.63) is 64.7 Å². The minimum Gasteiger partial charge on any atom is -0.346 e. The Morgan fingerprint density at radius 1 is 1.19 bits per heavy atom. The molecular formula is C20H17ClF3N5O2S. The molecule has 0 aliphatic heterocycles. The zero-order valence-electron chi connectivity index (χ0n) is 16.8. The molecule has 0 bridgehead atoms. The standard InChI is InChI=1S/C20H17ClF3N5O2S/c1-10-3-4-12(7-13(10)21)29-9-26-28-20(29)32-11(2)19(31)25-8-16(30)27-15-6-5-14(22)17(23)18(15)24/h3-7,9,11H,8H2,1-2H3,(H,25,31)(H,27,30). The molecule has 12 heteroatoms. The molecule has 0 fully saturated rings. The first-order valence-electron chi connectivity index (χ1n) is 9.21. The van der Waals surface area contributed by atoms with E-state index >= 15 is 0 Å². The van der Waals surface area contributed by atoms with E-state index in [-0.39, 0.29) is 0 Å². The average Bonchev–Trinajstić information content (AvgIpc) is 3.22. The normalized spacial score (nSPS) is 11.8. The fourth-order valence-corrected chi connectivity index (χ4v) is 3.59. The molecule has 0 saturated heterocycles. The van der Waals surface area contributed by atoms with Crippen molar-refractivity contribution >= 4 is 40.9 Å². The molecule has 7 nitrogen and oxygen atoms in total. The summed E-state index contributed by atoms with van der Waals surface area (Å²) in [5.74, 6) is -5.90. The number of anilines is 1. The number of aromatic nitrogens is 3. The lowest BCUT2D eigenvalue weighted by atomic mass is 10.2. The van der Waals surface area contributed by atoms with Crippen LogP contribution in [-0.4, -0.2) is 38.4 Å². The summed E-state index contributed by atoms with van der Waals surface area (Å²) in [6, 6.07) is 6.99. The molecule has 1 unspecified atom stereocenters. The van der Waals surface area contributed by atoms with Crippen LogP contribution in [0.25, 0.3) is 5.69 Å². The second-order valence-corrected chi connectivity index (χ2v) is 8.38. The van der Waals surface area contributed by atoms with Crippen LogP contribution in [0.1, 0.15) is 12.5 Å². The van der Waals surface area contributed by atoms with Gasteiger partial charge in [0.25, 0.3) is 0 Å². The van der Waals surface area contributed by atoms with Gasteiger partial charge in [-0.05, 0) is 43.7 Å². The van der Waals surface area contributed by atoms with Crippen molar-refractivity contribution in [1.82, 2.24) is 20.1 Å². The van der Waals surface area contributed by atoms with Gasteiger partial charge in [-0.2, -0.15) is 0 Å². The van der Waals surface area contributed by atoms with E-state index in [9.17, 15) is 22.8 Å². The number of amides is 2. The number of aryl methyl sites for hydroxylation is 1. The highest BCUT2D eigenvalue weighted by atomic mass is 35.5. The summed E-state index contributed by atoms with van der Waals surface area (Å²) >= 11 is 7.27. The minimum atomic E-state index is -1.70. The zero-order chi connectivity index (χ0) is 23.4. The SMILES string of the molecule is Cc1ccc(-n2cnnc2SC(C)C(=O)NCC(=O)Nc2ccc(F)c(F)c2F)cc1Cl. The second kappa shape index (κ2) is 10.0. The van der Waals surface area contributed by atoms with Crippen LogP contribution in [-0.2, 0) is 9.59 Å². The van der Waals surface area contributed by atoms with Gasteiger partial charge in [0.2, 0.25) is 11.8 Å². The largest absolute Gasteiger partial charge is 0.346 e. The van der Waals surface area contributed by atoms with Crippen molar-refractivity contribution in [1.29, 1.82) is 0 Å². The molecule has 3 aromatic rings. The molecule has 0 spiro atoms. The molecule has 32 heavy (non-hydrogen) atoms. The summed E-state index contributed by atoms with van der Waals surface area (Å²) in [5.41, 5.74) is 1.09. The number of carbonyl (C=O) groups excluding carboxylic acids is 2. The van der Waals surface area contributed by atoms with Crippen LogP contribution < -0.4 is 10.6 Å². The van der Waals surface area contributed by atoms with Gasteiger partial charge in [-0.15, -0.1) is 10.2 Å². The van der Waals surface area contributed by atoms with E-state index in [0.29, 0.717) is 21.9 Å². The third-order valence-corrected chi connectivity index (χ3v) is 5.80. The zero-order valence-corrected chi connectivity index (χ0v) is 18.4. The van der Waals surface area contributed by atoms with Crippen molar-refractivity contribution in [2.75, 3.05) is 11.9 Å². The number of hydrogen-bond acceptors (Lipinski definition) is 5. The lowest BCUT2D eigenvalue weighted by Crippen LogP contribution is -2.37. The number of nitrogens with zero attached hydrogens (tertiary/aromatic N) is 3. The smallest absolute Gasteiger partial charge is 0.243 e. The maximum absolute atomic E-state index is 13.6. The van der Waals surface area contributed by atoms with E-state index < -0.39 is 46.7 Å². The van der Waals surface area contributed by atoms with E-state index in [4.69, 9.17) is 11.6 Å². The van der Waals surface area contributed by atoms with E-state index in [1.807, 2.05) is 19.1 Å². The Bertz CT molecular complexity index is 1170. The molecule has 0 saturated carbocycles. The summed E-state index contributed by atoms with van der Waals surface area (Å²) in [5, 5.41) is 12.7. The highest BCUT2D eigenvalue weighted by Gasteiger charge is 2.20. The number of rotatable bonds is 7. The number of nitrogens with one attached hydrogen (secondary N) is 2. The van der Waals surface area contributed by atoms with Crippen molar-refractivity contribution in [2.45, 2.75) is 24.3 Å². The second-order valence-electron chi connectivity index (χ2n) is 6.67. The summed E-state index contributed by atoms with van der Waals surface area (Å²) in [7, 11) is 0. The van der Waals surface area contributed by atoms with Gasteiger partial charge in [0, 0.05) is 5.02 Å². The monoisotopic (exact) mass is 483 g/mol. The van der Waals surface area contributed by atoms with Gasteiger partial charge < -0.3 is 10.6 Å². The highest BCUT2D eigenvalue weighted by Crippen LogP contribution is 2.26. The van der Waals surface area contributed by atoms with Crippen LogP contribution in [0.4, 0.5) is 18.9 Å². The summed E-state index contributed by atoms with van der Waals surface area (Å²) in [4.78, 5) is 24.3. The predicted octanol–water partition coefficient (Wildman–Crippen LogP) is 3.88. The number of thioether (sulfide) groups is 1. The van der Waals surface area contributed by atoms with Gasteiger partial charge >= 0.3 is 0 Å². The molecule has 0 aliphatic rings. The lowest BCUT2D eigenvalue weighted by Gasteiger charge is -2.13. The van der Waals surface area contributed by atoms with E-state index in [2.05, 4.69) is 20.8 Å². The first kappa shape index (κ1) is 23.6. The van der Waals surface area contributed by atoms with Crippen LogP contribution in [0.2, 0.25) is 5.02 Å². The first-order valence-corrected chi connectivity index (χ1v) is 10.5. The molecule has 2 amide bonds. The summed E-state index contributed by atoms with van der Waals surface area (Å²) in [6.07, 6.45) is 1.48. The van der Waals surface area contributed by atoms with Gasteiger partial charge in [0.05, 0.1) is 23.2 Å². The highest BCUT2D eigenvalue weighted by molar-refractivity contribution is 8.00. The Morgan fingerprint density at radius 2 is 1.94 bits per heavy atom. The molecule has 0 radical (unpaired) electrons. The molecule has 3 rings (SSSR count). The lowest BCUT2D eigenvalue weighted by molar-refractivity contribution is -0.123. The molecule has 0 aliphatic carbocycles. The predicted molar refractivity (Wildman–Crippen MR) is 114 cm³/mol. The van der Waals surface area contributed by atoms with Gasteiger partial charge in [0.15, 0.2) is 22.6 Å². The Hall–Kier alpha value is -3.05. The Kier molecular flexibility index (Phi) is 7.41. The molecule has 1 atom stereocenters. The quantitative estimate of drug-likeness (QED) is 0.393. The third-order valence-electron chi connectivity index (χ3n) is 4.33. The number of carbonyl (C=O) groups is 2.